The van der Waals surface area contributed by atoms with E-state index in [1.807, 2.05) is 0 Å². The Morgan fingerprint density at radius 3 is 2.00 bits per heavy atom. The third-order valence-corrected chi connectivity index (χ3v) is 5.15. The van der Waals surface area contributed by atoms with Crippen molar-refractivity contribution in [3.05, 3.63) is 12.2 Å². The number of hydrogen-bond acceptors (Lipinski definition) is 7. The lowest BCUT2D eigenvalue weighted by Crippen LogP contribution is -2.43. The maximum absolute atomic E-state index is 11.1. The lowest BCUT2D eigenvalue weighted by Gasteiger charge is -2.22. The van der Waals surface area contributed by atoms with Crippen molar-refractivity contribution in [3.8, 4) is 0 Å². The third kappa shape index (κ3) is 12.7. The molecule has 0 aliphatic carbocycles. The van der Waals surface area contributed by atoms with E-state index in [0.29, 0.717) is 6.54 Å². The van der Waals surface area contributed by atoms with E-state index < -0.39 is 10.4 Å². The molecule has 27 heavy (non-hydrogen) atoms. The molecule has 0 saturated heterocycles. The average molecular weight is 404 g/mol. The molecule has 0 atom stereocenters. The molecule has 0 aromatic heterocycles. The Morgan fingerprint density at radius 1 is 0.889 bits per heavy atom. The third-order valence-electron chi connectivity index (χ3n) is 4.53. The number of rotatable bonds is 16. The molecule has 158 valence electrons. The number of nitrogens with zero attached hydrogens (tertiary/aromatic N) is 2. The molecule has 0 fully saturated rings. The predicted octanol–water partition coefficient (Wildman–Crippen LogP) is 4.76. The number of oxime groups is 1. The Hall–Kier alpha value is -1.28. The Labute approximate surface area is 165 Å². The zero-order valence-corrected chi connectivity index (χ0v) is 17.6. The normalized spacial score (nSPS) is 16.5. The molecule has 1 heterocycles. The quantitative estimate of drug-likeness (QED) is 0.295. The van der Waals surface area contributed by atoms with Gasteiger partial charge in [-0.15, -0.1) is 4.28 Å². The number of allylic oxidation sites excluding steroid dienone is 2. The highest BCUT2D eigenvalue weighted by molar-refractivity contribution is 7.81. The summed E-state index contributed by atoms with van der Waals surface area (Å²) in [5, 5.41) is 4.32. The van der Waals surface area contributed by atoms with Gasteiger partial charge in [-0.3, -0.25) is 0 Å². The van der Waals surface area contributed by atoms with Gasteiger partial charge in [-0.25, -0.2) is 4.28 Å². The van der Waals surface area contributed by atoms with Gasteiger partial charge >= 0.3 is 10.4 Å². The fourth-order valence-corrected chi connectivity index (χ4v) is 3.51. The van der Waals surface area contributed by atoms with Gasteiger partial charge in [-0.05, 0) is 37.3 Å². The molecular weight excluding hydrogens is 366 g/mol. The van der Waals surface area contributed by atoms with E-state index in [-0.39, 0.29) is 5.96 Å². The molecule has 8 heteroatoms. The minimum atomic E-state index is -4.08. The number of unbranched alkanes of at least 4 members (excludes halogenated alkanes) is 12. The topological polar surface area (TPSA) is 94.2 Å². The number of hydrogen-bond donors (Lipinski definition) is 1. The van der Waals surface area contributed by atoms with E-state index in [1.54, 1.807) is 0 Å². The number of guanidine groups is 1. The molecule has 0 bridgehead atoms. The summed E-state index contributed by atoms with van der Waals surface area (Å²) in [6.45, 7) is 2.64. The Bertz CT molecular complexity index is 535. The summed E-state index contributed by atoms with van der Waals surface area (Å²) in [7, 11) is -4.08. The van der Waals surface area contributed by atoms with E-state index in [9.17, 15) is 8.42 Å². The molecule has 0 amide bonds. The molecule has 0 saturated carbocycles. The second-order valence-electron chi connectivity index (χ2n) is 7.05. The lowest BCUT2D eigenvalue weighted by atomic mass is 10.1. The predicted molar refractivity (Wildman–Crippen MR) is 109 cm³/mol. The summed E-state index contributed by atoms with van der Waals surface area (Å²) < 4.78 is 31.0. The molecule has 2 N–H and O–H groups in total. The van der Waals surface area contributed by atoms with Gasteiger partial charge in [0.25, 0.3) is 5.96 Å². The first-order valence-corrected chi connectivity index (χ1v) is 11.8. The fourth-order valence-electron chi connectivity index (χ4n) is 2.95. The van der Waals surface area contributed by atoms with Crippen LogP contribution in [0.3, 0.4) is 0 Å². The molecule has 1 aliphatic heterocycles. The van der Waals surface area contributed by atoms with Gasteiger partial charge in [0, 0.05) is 0 Å². The highest BCUT2D eigenvalue weighted by Gasteiger charge is 2.26. The molecule has 1 aliphatic rings. The smallest absolute Gasteiger partial charge is 0.365 e. The van der Waals surface area contributed by atoms with Crippen LogP contribution in [0.4, 0.5) is 0 Å². The first-order valence-electron chi connectivity index (χ1n) is 10.4. The molecule has 0 aromatic rings. The molecule has 7 nitrogen and oxygen atoms in total. The lowest BCUT2D eigenvalue weighted by molar-refractivity contribution is -0.0148. The van der Waals surface area contributed by atoms with Crippen molar-refractivity contribution < 1.29 is 17.0 Å². The SMILES string of the molecule is CCCCCCCC/C=C/CCCCCCCCN1OS(=O)(=O)ON=C1N. The van der Waals surface area contributed by atoms with E-state index >= 15 is 0 Å². The first-order chi connectivity index (χ1) is 13.0. The standard InChI is InChI=1S/C19H37N3O4S/c1-2-3-4-5-6-7-8-9-10-11-12-13-14-15-16-17-18-22-19(20)21-25-27(23,24)26-22/h9-10H,2-8,11-18H2,1H3,(H2,20,21)/b10-9+. The van der Waals surface area contributed by atoms with Crippen LogP contribution in [0.25, 0.3) is 0 Å². The van der Waals surface area contributed by atoms with Crippen LogP contribution < -0.4 is 5.73 Å². The molecular formula is C19H37N3O4S. The van der Waals surface area contributed by atoms with Crippen LogP contribution in [0.1, 0.15) is 96.8 Å². The Kier molecular flexibility index (Phi) is 13.0. The minimum absolute atomic E-state index is 0.0717. The Morgan fingerprint density at radius 2 is 1.41 bits per heavy atom. The summed E-state index contributed by atoms with van der Waals surface area (Å²) in [4.78, 5) is 0. The maximum Gasteiger partial charge on any atom is 0.491 e. The van der Waals surface area contributed by atoms with Gasteiger partial charge in [0.2, 0.25) is 0 Å². The number of nitrogens with two attached hydrogens (primary N) is 1. The Balaban J connectivity index is 1.87. The molecule has 1 rings (SSSR count). The van der Waals surface area contributed by atoms with Gasteiger partial charge in [-0.1, -0.05) is 76.9 Å². The van der Waals surface area contributed by atoms with Crippen molar-refractivity contribution in [1.82, 2.24) is 5.06 Å². The highest BCUT2D eigenvalue weighted by Crippen LogP contribution is 2.12. The van der Waals surface area contributed by atoms with E-state index in [4.69, 9.17) is 5.73 Å². The summed E-state index contributed by atoms with van der Waals surface area (Å²) in [5.41, 5.74) is 5.52. The maximum atomic E-state index is 11.1. The summed E-state index contributed by atoms with van der Waals surface area (Å²) in [6.07, 6.45) is 21.8. The van der Waals surface area contributed by atoms with Crippen LogP contribution in [0.5, 0.6) is 0 Å². The van der Waals surface area contributed by atoms with Crippen molar-refractivity contribution in [1.29, 1.82) is 0 Å². The highest BCUT2D eigenvalue weighted by atomic mass is 32.3. The van der Waals surface area contributed by atoms with Gasteiger partial charge in [-0.2, -0.15) is 13.5 Å². The largest absolute Gasteiger partial charge is 0.491 e. The first kappa shape index (κ1) is 23.8. The van der Waals surface area contributed by atoms with Crippen molar-refractivity contribution in [2.45, 2.75) is 96.8 Å². The molecule has 0 spiro atoms. The fraction of sp³-hybridized carbons (Fsp3) is 0.842. The van der Waals surface area contributed by atoms with E-state index in [1.165, 1.54) is 70.6 Å². The van der Waals surface area contributed by atoms with E-state index in [2.05, 4.69) is 32.8 Å². The van der Waals surface area contributed by atoms with Crippen molar-refractivity contribution >= 4 is 16.4 Å². The van der Waals surface area contributed by atoms with Crippen LogP contribution in [0.15, 0.2) is 17.3 Å². The van der Waals surface area contributed by atoms with Crippen LogP contribution >= 0.6 is 0 Å². The monoisotopic (exact) mass is 403 g/mol. The van der Waals surface area contributed by atoms with Crippen molar-refractivity contribution in [3.63, 3.8) is 0 Å². The van der Waals surface area contributed by atoms with Gasteiger partial charge in [0.15, 0.2) is 0 Å². The zero-order valence-electron chi connectivity index (χ0n) is 16.8. The zero-order chi connectivity index (χ0) is 19.8. The molecule has 0 aromatic carbocycles. The van der Waals surface area contributed by atoms with Crippen LogP contribution in [-0.4, -0.2) is 26.0 Å². The molecule has 0 unspecified atom stereocenters. The second-order valence-corrected chi connectivity index (χ2v) is 8.16. The van der Waals surface area contributed by atoms with Crippen LogP contribution in [-0.2, 0) is 19.0 Å². The summed E-state index contributed by atoms with van der Waals surface area (Å²) in [5.74, 6) is -0.0717. The van der Waals surface area contributed by atoms with Crippen molar-refractivity contribution in [2.75, 3.05) is 6.54 Å². The van der Waals surface area contributed by atoms with Crippen molar-refractivity contribution in [2.24, 2.45) is 10.9 Å². The van der Waals surface area contributed by atoms with Gasteiger partial charge in [0.1, 0.15) is 0 Å². The summed E-state index contributed by atoms with van der Waals surface area (Å²) >= 11 is 0. The number of hydroxylamine groups is 2. The van der Waals surface area contributed by atoms with Crippen LogP contribution in [0, 0.1) is 0 Å². The van der Waals surface area contributed by atoms with E-state index in [0.717, 1.165) is 24.3 Å². The second kappa shape index (κ2) is 14.7. The van der Waals surface area contributed by atoms with Gasteiger partial charge < -0.3 is 5.73 Å². The average Bonchev–Trinajstić information content (AvgIpc) is 2.64. The van der Waals surface area contributed by atoms with Crippen LogP contribution in [0.2, 0.25) is 0 Å². The molecule has 0 radical (unpaired) electrons. The van der Waals surface area contributed by atoms with Gasteiger partial charge in [0.05, 0.1) is 6.54 Å². The summed E-state index contributed by atoms with van der Waals surface area (Å²) in [6, 6.07) is 0. The minimum Gasteiger partial charge on any atom is -0.365 e.